The molecule has 4 heteroatoms. The Morgan fingerprint density at radius 3 is 3.00 bits per heavy atom. The van der Waals surface area contributed by atoms with Gasteiger partial charge in [-0.05, 0) is 34.6 Å². The Bertz CT molecular complexity index is 569. The molecule has 1 N–H and O–H groups in total. The molecule has 3 rings (SSSR count). The molecule has 2 aromatic rings. The Morgan fingerprint density at radius 2 is 2.26 bits per heavy atom. The zero-order valence-corrected chi connectivity index (χ0v) is 13.1. The molecule has 1 aliphatic heterocycles. The van der Waals surface area contributed by atoms with Crippen LogP contribution in [0.2, 0.25) is 0 Å². The van der Waals surface area contributed by atoms with Crippen molar-refractivity contribution in [1.82, 2.24) is 5.32 Å². The highest BCUT2D eigenvalue weighted by Crippen LogP contribution is 2.42. The molecular weight excluding hydrogens is 322 g/mol. The first-order valence-corrected chi connectivity index (χ1v) is 8.18. The number of halogens is 1. The van der Waals surface area contributed by atoms with Gasteiger partial charge < -0.3 is 10.1 Å². The second-order valence-corrected chi connectivity index (χ2v) is 6.52. The van der Waals surface area contributed by atoms with Crippen LogP contribution in [0.3, 0.4) is 0 Å². The van der Waals surface area contributed by atoms with Crippen molar-refractivity contribution in [1.29, 1.82) is 0 Å². The number of hydrogen-bond acceptors (Lipinski definition) is 3. The smallest absolute Gasteiger partial charge is 0.135 e. The molecule has 19 heavy (non-hydrogen) atoms. The molecular formula is C15H16BrNOS. The molecule has 0 bridgehead atoms. The summed E-state index contributed by atoms with van der Waals surface area (Å²) in [5.74, 6) is 1.01. The number of thiophene rings is 1. The normalized spacial score (nSPS) is 21.8. The van der Waals surface area contributed by atoms with Gasteiger partial charge in [0.15, 0.2) is 0 Å². The summed E-state index contributed by atoms with van der Waals surface area (Å²) in [6.45, 7) is 3.12. The summed E-state index contributed by atoms with van der Waals surface area (Å²) in [5.41, 5.74) is 1.27. The quantitative estimate of drug-likeness (QED) is 0.877. The molecule has 1 aromatic heterocycles. The maximum atomic E-state index is 6.16. The van der Waals surface area contributed by atoms with Gasteiger partial charge in [-0.3, -0.25) is 0 Å². The van der Waals surface area contributed by atoms with Crippen LogP contribution < -0.4 is 10.1 Å². The zero-order valence-electron chi connectivity index (χ0n) is 10.7. The number of para-hydroxylation sites is 1. The number of rotatable bonds is 3. The number of benzene rings is 1. The fraction of sp³-hybridized carbons (Fsp3) is 0.333. The number of nitrogens with one attached hydrogen (secondary N) is 1. The van der Waals surface area contributed by atoms with E-state index in [4.69, 9.17) is 4.74 Å². The van der Waals surface area contributed by atoms with Crippen LogP contribution in [-0.2, 0) is 0 Å². The van der Waals surface area contributed by atoms with Gasteiger partial charge in [0.2, 0.25) is 0 Å². The third kappa shape index (κ3) is 2.71. The molecule has 2 nitrogen and oxygen atoms in total. The van der Waals surface area contributed by atoms with Crippen LogP contribution in [0.25, 0.3) is 0 Å². The van der Waals surface area contributed by atoms with Crippen molar-refractivity contribution in [2.24, 2.45) is 0 Å². The molecule has 1 aromatic carbocycles. The standard InChI is InChI=1S/C15H16BrNOS/c1-2-17-12-8-14(15-7-10(16)9-19-15)18-13-6-4-3-5-11(12)13/h3-7,9,12,14,17H,2,8H2,1H3. The van der Waals surface area contributed by atoms with E-state index in [1.165, 1.54) is 10.4 Å². The minimum Gasteiger partial charge on any atom is -0.484 e. The Balaban J connectivity index is 1.92. The predicted octanol–water partition coefficient (Wildman–Crippen LogP) is 4.69. The van der Waals surface area contributed by atoms with Crippen LogP contribution in [0, 0.1) is 0 Å². The van der Waals surface area contributed by atoms with E-state index < -0.39 is 0 Å². The maximum absolute atomic E-state index is 6.16. The summed E-state index contributed by atoms with van der Waals surface area (Å²) < 4.78 is 7.29. The zero-order chi connectivity index (χ0) is 13.2. The van der Waals surface area contributed by atoms with Gasteiger partial charge in [-0.15, -0.1) is 11.3 Å². The SMILES string of the molecule is CCNC1CC(c2cc(Br)cs2)Oc2ccccc21. The van der Waals surface area contributed by atoms with Crippen molar-refractivity contribution in [2.45, 2.75) is 25.5 Å². The van der Waals surface area contributed by atoms with Gasteiger partial charge in [0.05, 0.1) is 0 Å². The Hall–Kier alpha value is -0.840. The molecule has 0 amide bonds. The van der Waals surface area contributed by atoms with Crippen LogP contribution in [0.5, 0.6) is 5.75 Å². The summed E-state index contributed by atoms with van der Waals surface area (Å²) in [6, 6.07) is 10.9. The summed E-state index contributed by atoms with van der Waals surface area (Å²) >= 11 is 5.27. The monoisotopic (exact) mass is 337 g/mol. The lowest BCUT2D eigenvalue weighted by Gasteiger charge is -2.32. The molecule has 0 aliphatic carbocycles. The minimum absolute atomic E-state index is 0.148. The average Bonchev–Trinajstić information content (AvgIpc) is 2.86. The third-order valence-corrected chi connectivity index (χ3v) is 5.15. The molecule has 2 heterocycles. The van der Waals surface area contributed by atoms with Crippen molar-refractivity contribution >= 4 is 27.3 Å². The first kappa shape index (κ1) is 13.2. The first-order valence-electron chi connectivity index (χ1n) is 6.51. The van der Waals surface area contributed by atoms with Crippen molar-refractivity contribution < 1.29 is 4.74 Å². The molecule has 1 aliphatic rings. The van der Waals surface area contributed by atoms with Gasteiger partial charge in [0, 0.05) is 32.8 Å². The maximum Gasteiger partial charge on any atom is 0.135 e. The van der Waals surface area contributed by atoms with Crippen LogP contribution in [0.15, 0.2) is 40.2 Å². The van der Waals surface area contributed by atoms with Gasteiger partial charge in [-0.1, -0.05) is 25.1 Å². The molecule has 0 saturated heterocycles. The highest BCUT2D eigenvalue weighted by Gasteiger charge is 2.29. The lowest BCUT2D eigenvalue weighted by molar-refractivity contribution is 0.155. The van der Waals surface area contributed by atoms with E-state index in [1.807, 2.05) is 6.07 Å². The fourth-order valence-electron chi connectivity index (χ4n) is 2.53. The van der Waals surface area contributed by atoms with E-state index in [1.54, 1.807) is 11.3 Å². The van der Waals surface area contributed by atoms with Crippen molar-refractivity contribution in [3.8, 4) is 5.75 Å². The summed E-state index contributed by atoms with van der Waals surface area (Å²) in [6.07, 6.45) is 1.13. The molecule has 2 unspecified atom stereocenters. The number of hydrogen-bond donors (Lipinski definition) is 1. The second kappa shape index (κ2) is 5.65. The van der Waals surface area contributed by atoms with Crippen molar-refractivity contribution in [3.05, 3.63) is 50.6 Å². The lowest BCUT2D eigenvalue weighted by Crippen LogP contribution is -2.28. The predicted molar refractivity (Wildman–Crippen MR) is 82.9 cm³/mol. The van der Waals surface area contributed by atoms with Gasteiger partial charge in [0.25, 0.3) is 0 Å². The largest absolute Gasteiger partial charge is 0.484 e. The Labute approximate surface area is 125 Å². The fourth-order valence-corrected chi connectivity index (χ4v) is 4.02. The van der Waals surface area contributed by atoms with Gasteiger partial charge in [-0.25, -0.2) is 0 Å². The van der Waals surface area contributed by atoms with Crippen LogP contribution in [-0.4, -0.2) is 6.54 Å². The highest BCUT2D eigenvalue weighted by atomic mass is 79.9. The minimum atomic E-state index is 0.148. The molecule has 0 fully saturated rings. The summed E-state index contributed by atoms with van der Waals surface area (Å²) in [5, 5.41) is 5.67. The molecule has 100 valence electrons. The van der Waals surface area contributed by atoms with E-state index in [0.717, 1.165) is 23.2 Å². The Morgan fingerprint density at radius 1 is 1.42 bits per heavy atom. The van der Waals surface area contributed by atoms with E-state index in [-0.39, 0.29) is 6.10 Å². The van der Waals surface area contributed by atoms with Crippen LogP contribution in [0.4, 0.5) is 0 Å². The van der Waals surface area contributed by atoms with Crippen LogP contribution in [0.1, 0.15) is 35.9 Å². The Kier molecular flexibility index (Phi) is 3.91. The first-order chi connectivity index (χ1) is 9.28. The van der Waals surface area contributed by atoms with Crippen molar-refractivity contribution in [3.63, 3.8) is 0 Å². The highest BCUT2D eigenvalue weighted by molar-refractivity contribution is 9.10. The number of fused-ring (bicyclic) bond motifs is 1. The van der Waals surface area contributed by atoms with E-state index in [0.29, 0.717) is 6.04 Å². The molecule has 0 saturated carbocycles. The van der Waals surface area contributed by atoms with E-state index >= 15 is 0 Å². The van der Waals surface area contributed by atoms with Crippen molar-refractivity contribution in [2.75, 3.05) is 6.54 Å². The van der Waals surface area contributed by atoms with E-state index in [2.05, 4.69) is 57.8 Å². The van der Waals surface area contributed by atoms with Gasteiger partial charge >= 0.3 is 0 Å². The lowest BCUT2D eigenvalue weighted by atomic mass is 9.96. The topological polar surface area (TPSA) is 21.3 Å². The van der Waals surface area contributed by atoms with E-state index in [9.17, 15) is 0 Å². The summed E-state index contributed by atoms with van der Waals surface area (Å²) in [4.78, 5) is 1.28. The third-order valence-electron chi connectivity index (χ3n) is 3.37. The second-order valence-electron chi connectivity index (χ2n) is 4.66. The average molecular weight is 338 g/mol. The molecule has 0 spiro atoms. The van der Waals surface area contributed by atoms with Gasteiger partial charge in [0.1, 0.15) is 11.9 Å². The summed E-state index contributed by atoms with van der Waals surface area (Å²) in [7, 11) is 0. The van der Waals surface area contributed by atoms with Gasteiger partial charge in [-0.2, -0.15) is 0 Å². The molecule has 0 radical (unpaired) electrons. The van der Waals surface area contributed by atoms with Crippen LogP contribution >= 0.6 is 27.3 Å². The number of ether oxygens (including phenoxy) is 1. The molecule has 2 atom stereocenters.